The number of amides is 1. The van der Waals surface area contributed by atoms with E-state index in [2.05, 4.69) is 20.9 Å². The molecule has 0 radical (unpaired) electrons. The Bertz CT molecular complexity index is 652. The van der Waals surface area contributed by atoms with Crippen LogP contribution in [0.25, 0.3) is 6.08 Å². The van der Waals surface area contributed by atoms with Crippen molar-refractivity contribution in [2.45, 2.75) is 6.61 Å². The van der Waals surface area contributed by atoms with Gasteiger partial charge in [-0.05, 0) is 45.8 Å². The number of ether oxygens (including phenoxy) is 1. The van der Waals surface area contributed by atoms with E-state index in [0.717, 1.165) is 11.1 Å². The third kappa shape index (κ3) is 4.58. The van der Waals surface area contributed by atoms with Crippen molar-refractivity contribution in [2.24, 2.45) is 5.73 Å². The van der Waals surface area contributed by atoms with Crippen LogP contribution >= 0.6 is 27.5 Å². The lowest BCUT2D eigenvalue weighted by Gasteiger charge is -2.11. The lowest BCUT2D eigenvalue weighted by molar-refractivity contribution is -0.113. The number of halogens is 2. The topological polar surface area (TPSA) is 65.2 Å². The van der Waals surface area contributed by atoms with Crippen LogP contribution in [0.1, 0.15) is 11.1 Å². The minimum absolute atomic E-state index is 0.364. The third-order valence-corrected chi connectivity index (χ3v) is 3.44. The second-order valence-electron chi connectivity index (χ2n) is 4.20. The maximum absolute atomic E-state index is 10.7. The molecule has 0 atom stereocenters. The molecule has 0 aliphatic carbocycles. The van der Waals surface area contributed by atoms with Gasteiger partial charge < -0.3 is 10.5 Å². The molecule has 6 heteroatoms. The molecule has 1 aromatic heterocycles. The van der Waals surface area contributed by atoms with E-state index in [-0.39, 0.29) is 0 Å². The number of nitrogens with zero attached hydrogens (tertiary/aromatic N) is 1. The molecular formula is C15H12BrClN2O2. The van der Waals surface area contributed by atoms with Gasteiger partial charge >= 0.3 is 0 Å². The van der Waals surface area contributed by atoms with E-state index in [4.69, 9.17) is 22.1 Å². The molecule has 0 unspecified atom stereocenters. The first-order valence-corrected chi connectivity index (χ1v) is 7.21. The van der Waals surface area contributed by atoms with Crippen molar-refractivity contribution >= 4 is 39.5 Å². The third-order valence-electron chi connectivity index (χ3n) is 2.57. The average Bonchev–Trinajstić information content (AvgIpc) is 2.45. The quantitative estimate of drug-likeness (QED) is 0.822. The number of hydrogen-bond donors (Lipinski definition) is 1. The number of nitrogens with two attached hydrogens (primary N) is 1. The smallest absolute Gasteiger partial charge is 0.241 e. The highest BCUT2D eigenvalue weighted by molar-refractivity contribution is 9.10. The second-order valence-corrected chi connectivity index (χ2v) is 5.46. The van der Waals surface area contributed by atoms with E-state index in [1.807, 2.05) is 12.1 Å². The highest BCUT2D eigenvalue weighted by atomic mass is 79.9. The van der Waals surface area contributed by atoms with Crippen molar-refractivity contribution in [3.05, 3.63) is 63.4 Å². The Kier molecular flexibility index (Phi) is 5.36. The molecule has 1 heterocycles. The molecule has 0 saturated heterocycles. The van der Waals surface area contributed by atoms with Gasteiger partial charge in [0.05, 0.1) is 9.50 Å². The van der Waals surface area contributed by atoms with Crippen LogP contribution in [0.5, 0.6) is 5.75 Å². The van der Waals surface area contributed by atoms with Crippen LogP contribution in [0.15, 0.2) is 47.2 Å². The molecule has 0 fully saturated rings. The monoisotopic (exact) mass is 366 g/mol. The first-order chi connectivity index (χ1) is 10.1. The molecule has 21 heavy (non-hydrogen) atoms. The van der Waals surface area contributed by atoms with Gasteiger partial charge in [0.2, 0.25) is 5.91 Å². The van der Waals surface area contributed by atoms with Gasteiger partial charge in [0.1, 0.15) is 6.61 Å². The van der Waals surface area contributed by atoms with Crippen molar-refractivity contribution in [1.29, 1.82) is 0 Å². The number of pyridine rings is 1. The van der Waals surface area contributed by atoms with Gasteiger partial charge in [-0.2, -0.15) is 0 Å². The summed E-state index contributed by atoms with van der Waals surface area (Å²) in [6.45, 7) is 0.364. The highest BCUT2D eigenvalue weighted by Gasteiger charge is 2.09. The Morgan fingerprint density at radius 3 is 2.90 bits per heavy atom. The fraction of sp³-hybridized carbons (Fsp3) is 0.0667. The molecule has 1 amide bonds. The summed E-state index contributed by atoms with van der Waals surface area (Å²) in [4.78, 5) is 14.7. The van der Waals surface area contributed by atoms with Crippen molar-refractivity contribution < 1.29 is 9.53 Å². The number of rotatable bonds is 5. The van der Waals surface area contributed by atoms with Crippen LogP contribution in [0.2, 0.25) is 5.02 Å². The lowest BCUT2D eigenvalue weighted by atomic mass is 10.2. The number of hydrogen-bond acceptors (Lipinski definition) is 3. The Labute approximate surface area is 135 Å². The van der Waals surface area contributed by atoms with Crippen molar-refractivity contribution in [3.63, 3.8) is 0 Å². The van der Waals surface area contributed by atoms with E-state index >= 15 is 0 Å². The number of carbonyl (C=O) groups excluding carboxylic acids is 1. The average molecular weight is 368 g/mol. The maximum atomic E-state index is 10.7. The molecule has 0 bridgehead atoms. The molecule has 2 rings (SSSR count). The zero-order valence-electron chi connectivity index (χ0n) is 10.9. The van der Waals surface area contributed by atoms with Crippen LogP contribution in [0.3, 0.4) is 0 Å². The normalized spacial score (nSPS) is 10.8. The van der Waals surface area contributed by atoms with Crippen LogP contribution in [0.4, 0.5) is 0 Å². The molecule has 2 aromatic rings. The molecule has 0 aliphatic heterocycles. The summed E-state index contributed by atoms with van der Waals surface area (Å²) in [6, 6.07) is 7.25. The molecule has 1 aromatic carbocycles. The largest absolute Gasteiger partial charge is 0.486 e. The van der Waals surface area contributed by atoms with Crippen LogP contribution < -0.4 is 10.5 Å². The number of carbonyl (C=O) groups is 1. The molecule has 108 valence electrons. The summed E-state index contributed by atoms with van der Waals surface area (Å²) < 4.78 is 6.40. The van der Waals surface area contributed by atoms with E-state index < -0.39 is 5.91 Å². The number of primary amides is 1. The zero-order valence-corrected chi connectivity index (χ0v) is 13.3. The first kappa shape index (κ1) is 15.5. The van der Waals surface area contributed by atoms with Gasteiger partial charge in [0, 0.05) is 24.0 Å². The number of benzene rings is 1. The van der Waals surface area contributed by atoms with E-state index in [0.29, 0.717) is 21.9 Å². The lowest BCUT2D eigenvalue weighted by Crippen LogP contribution is -2.05. The zero-order chi connectivity index (χ0) is 15.2. The van der Waals surface area contributed by atoms with Crippen molar-refractivity contribution in [2.75, 3.05) is 0 Å². The Hall–Kier alpha value is -1.85. The Balaban J connectivity index is 2.15. The summed E-state index contributed by atoms with van der Waals surface area (Å²) in [5.41, 5.74) is 6.75. The number of aromatic nitrogens is 1. The minimum Gasteiger partial charge on any atom is -0.486 e. The van der Waals surface area contributed by atoms with Crippen molar-refractivity contribution in [3.8, 4) is 5.75 Å². The maximum Gasteiger partial charge on any atom is 0.241 e. The van der Waals surface area contributed by atoms with Gasteiger partial charge in [-0.25, -0.2) is 0 Å². The fourth-order valence-corrected chi connectivity index (χ4v) is 2.62. The molecule has 2 N–H and O–H groups in total. The van der Waals surface area contributed by atoms with Gasteiger partial charge in [0.15, 0.2) is 5.75 Å². The Morgan fingerprint density at radius 1 is 1.48 bits per heavy atom. The van der Waals surface area contributed by atoms with E-state index in [1.165, 1.54) is 6.08 Å². The van der Waals surface area contributed by atoms with Gasteiger partial charge in [-0.3, -0.25) is 9.78 Å². The van der Waals surface area contributed by atoms with E-state index in [1.54, 1.807) is 30.6 Å². The molecule has 0 aliphatic rings. The summed E-state index contributed by atoms with van der Waals surface area (Å²) in [5.74, 6) is 0.0240. The van der Waals surface area contributed by atoms with Crippen LogP contribution in [0, 0.1) is 0 Å². The van der Waals surface area contributed by atoms with Gasteiger partial charge in [-0.15, -0.1) is 0 Å². The summed E-state index contributed by atoms with van der Waals surface area (Å²) in [6.07, 6.45) is 6.29. The van der Waals surface area contributed by atoms with Crippen LogP contribution in [-0.2, 0) is 11.4 Å². The Morgan fingerprint density at radius 2 is 2.29 bits per heavy atom. The standard InChI is InChI=1S/C15H12BrClN2O2/c16-12-6-10(3-4-14(18)20)7-13(17)15(12)21-9-11-2-1-5-19-8-11/h1-8H,9H2,(H2,18,20)/b4-3+. The van der Waals surface area contributed by atoms with Gasteiger partial charge in [0.25, 0.3) is 0 Å². The second kappa shape index (κ2) is 7.24. The molecular weight excluding hydrogens is 356 g/mol. The summed E-state index contributed by atoms with van der Waals surface area (Å²) in [5, 5.41) is 0.442. The molecule has 0 saturated carbocycles. The van der Waals surface area contributed by atoms with Crippen LogP contribution in [-0.4, -0.2) is 10.9 Å². The van der Waals surface area contributed by atoms with Crippen molar-refractivity contribution in [1.82, 2.24) is 4.98 Å². The predicted octanol–water partition coefficient (Wildman–Crippen LogP) is 3.58. The summed E-state index contributed by atoms with van der Waals surface area (Å²) >= 11 is 9.60. The molecule has 4 nitrogen and oxygen atoms in total. The van der Waals surface area contributed by atoms with Gasteiger partial charge in [-0.1, -0.05) is 17.7 Å². The highest BCUT2D eigenvalue weighted by Crippen LogP contribution is 2.35. The fourth-order valence-electron chi connectivity index (χ4n) is 1.63. The minimum atomic E-state index is -0.515. The predicted molar refractivity (Wildman–Crippen MR) is 85.9 cm³/mol. The summed E-state index contributed by atoms with van der Waals surface area (Å²) in [7, 11) is 0. The SMILES string of the molecule is NC(=O)/C=C/c1cc(Cl)c(OCc2cccnc2)c(Br)c1. The van der Waals surface area contributed by atoms with E-state index in [9.17, 15) is 4.79 Å². The molecule has 0 spiro atoms. The first-order valence-electron chi connectivity index (χ1n) is 6.04.